The molecule has 0 saturated carbocycles. The molecule has 152 valence electrons. The third-order valence-electron chi connectivity index (χ3n) is 4.41. The number of nitrogens with two attached hydrogens (primary N) is 1. The summed E-state index contributed by atoms with van der Waals surface area (Å²) in [6.45, 7) is 8.34. The van der Waals surface area contributed by atoms with E-state index in [9.17, 15) is 9.90 Å². The number of aryl methyl sites for hydroxylation is 1. The lowest BCUT2D eigenvalue weighted by Crippen LogP contribution is -2.32. The molecule has 2 aromatic heterocycles. The third kappa shape index (κ3) is 5.17. The van der Waals surface area contributed by atoms with Gasteiger partial charge in [-0.25, -0.2) is 9.97 Å². The second kappa shape index (κ2) is 8.00. The van der Waals surface area contributed by atoms with Crippen LogP contribution in [0.25, 0.3) is 11.1 Å². The molecule has 2 heterocycles. The van der Waals surface area contributed by atoms with Crippen molar-refractivity contribution in [2.24, 2.45) is 5.73 Å². The molecule has 8 heteroatoms. The van der Waals surface area contributed by atoms with E-state index in [4.69, 9.17) is 5.73 Å². The maximum Gasteiger partial charge on any atom is 0.248 e. The normalized spacial score (nSPS) is 12.6. The minimum absolute atomic E-state index is 0.0136. The van der Waals surface area contributed by atoms with Gasteiger partial charge in [-0.05, 0) is 36.2 Å². The number of nitrogens with one attached hydrogen (secondary N) is 1. The molecule has 0 saturated heterocycles. The maximum absolute atomic E-state index is 11.0. The zero-order valence-electron chi connectivity index (χ0n) is 17.0. The van der Waals surface area contributed by atoms with Gasteiger partial charge in [0, 0.05) is 29.1 Å². The van der Waals surface area contributed by atoms with E-state index in [0.29, 0.717) is 5.95 Å². The lowest BCUT2D eigenvalue weighted by atomic mass is 9.92. The van der Waals surface area contributed by atoms with Crippen molar-refractivity contribution in [1.82, 2.24) is 19.7 Å². The number of aliphatic hydroxyl groups excluding tert-OH is 1. The second-order valence-corrected chi connectivity index (χ2v) is 8.10. The van der Waals surface area contributed by atoms with Crippen molar-refractivity contribution in [3.63, 3.8) is 0 Å². The predicted molar refractivity (Wildman–Crippen MR) is 112 cm³/mol. The summed E-state index contributed by atoms with van der Waals surface area (Å²) in [6.07, 6.45) is 3.93. The highest BCUT2D eigenvalue weighted by Gasteiger charge is 2.16. The number of benzene rings is 1. The predicted octanol–water partition coefficient (Wildman–Crippen LogP) is 2.54. The summed E-state index contributed by atoms with van der Waals surface area (Å²) >= 11 is 0. The summed E-state index contributed by atoms with van der Waals surface area (Å²) in [6, 6.07) is 7.94. The van der Waals surface area contributed by atoms with Gasteiger partial charge in [0.1, 0.15) is 0 Å². The van der Waals surface area contributed by atoms with Crippen molar-refractivity contribution >= 4 is 17.5 Å². The second-order valence-electron chi connectivity index (χ2n) is 8.10. The van der Waals surface area contributed by atoms with Crippen molar-refractivity contribution in [3.05, 3.63) is 54.1 Å². The Hall–Kier alpha value is -3.26. The number of aliphatic hydroxyl groups is 1. The number of hydrogen-bond donors (Lipinski definition) is 3. The monoisotopic (exact) mass is 394 g/mol. The van der Waals surface area contributed by atoms with Gasteiger partial charge in [-0.2, -0.15) is 5.10 Å². The molecule has 0 aliphatic heterocycles. The van der Waals surface area contributed by atoms with E-state index in [1.54, 1.807) is 18.6 Å². The Morgan fingerprint density at radius 2 is 2.03 bits per heavy atom. The molecule has 0 aliphatic rings. The van der Waals surface area contributed by atoms with Crippen LogP contribution < -0.4 is 11.1 Å². The Kier molecular flexibility index (Phi) is 5.65. The van der Waals surface area contributed by atoms with Crippen LogP contribution in [0.3, 0.4) is 0 Å². The largest absolute Gasteiger partial charge is 0.381 e. The van der Waals surface area contributed by atoms with Crippen LogP contribution in [0.2, 0.25) is 0 Å². The van der Waals surface area contributed by atoms with Crippen molar-refractivity contribution in [2.75, 3.05) is 5.32 Å². The van der Waals surface area contributed by atoms with E-state index in [1.165, 1.54) is 4.68 Å². The minimum atomic E-state index is -1.27. The van der Waals surface area contributed by atoms with E-state index < -0.39 is 12.0 Å². The molecule has 1 amide bonds. The first kappa shape index (κ1) is 20.5. The molecule has 0 aliphatic carbocycles. The molecule has 8 nitrogen and oxygen atoms in total. The Labute approximate surface area is 169 Å². The smallest absolute Gasteiger partial charge is 0.248 e. The fourth-order valence-corrected chi connectivity index (χ4v) is 2.87. The number of anilines is 2. The van der Waals surface area contributed by atoms with Crippen molar-refractivity contribution in [3.8, 4) is 11.1 Å². The lowest BCUT2D eigenvalue weighted by molar-refractivity contribution is -0.126. The van der Waals surface area contributed by atoms with Crippen LogP contribution in [0, 0.1) is 6.92 Å². The van der Waals surface area contributed by atoms with Gasteiger partial charge in [-0.3, -0.25) is 9.48 Å². The molecule has 3 aromatic rings. The van der Waals surface area contributed by atoms with Gasteiger partial charge in [0.15, 0.2) is 6.10 Å². The summed E-state index contributed by atoms with van der Waals surface area (Å²) in [5.74, 6) is -0.240. The number of carbonyl (C=O) groups is 1. The van der Waals surface area contributed by atoms with Crippen LogP contribution in [0.5, 0.6) is 0 Å². The molecule has 29 heavy (non-hydrogen) atoms. The first-order valence-electron chi connectivity index (χ1n) is 9.34. The Bertz CT molecular complexity index is 1020. The summed E-state index contributed by atoms with van der Waals surface area (Å²) in [5.41, 5.74) is 9.71. The van der Waals surface area contributed by atoms with E-state index >= 15 is 0 Å². The number of amides is 1. The summed E-state index contributed by atoms with van der Waals surface area (Å²) in [7, 11) is 0. The molecule has 3 rings (SSSR count). The summed E-state index contributed by atoms with van der Waals surface area (Å²) in [5, 5.41) is 17.1. The average Bonchev–Trinajstić information content (AvgIpc) is 3.09. The van der Waals surface area contributed by atoms with Crippen molar-refractivity contribution in [2.45, 2.75) is 45.8 Å². The molecule has 1 unspecified atom stereocenters. The quantitative estimate of drug-likeness (QED) is 0.591. The molecule has 0 fully saturated rings. The van der Waals surface area contributed by atoms with Gasteiger partial charge in [0.25, 0.3) is 0 Å². The fourth-order valence-electron chi connectivity index (χ4n) is 2.87. The van der Waals surface area contributed by atoms with Gasteiger partial charge in [-0.15, -0.1) is 0 Å². The van der Waals surface area contributed by atoms with Gasteiger partial charge in [-0.1, -0.05) is 26.8 Å². The van der Waals surface area contributed by atoms with E-state index in [-0.39, 0.29) is 12.0 Å². The first-order valence-corrected chi connectivity index (χ1v) is 9.34. The highest BCUT2D eigenvalue weighted by Crippen LogP contribution is 2.27. The van der Waals surface area contributed by atoms with Crippen LogP contribution in [0.15, 0.2) is 42.9 Å². The fraction of sp³-hybridized carbons (Fsp3) is 0.333. The summed E-state index contributed by atoms with van der Waals surface area (Å²) < 4.78 is 1.50. The third-order valence-corrected chi connectivity index (χ3v) is 4.41. The van der Waals surface area contributed by atoms with Crippen LogP contribution in [0.1, 0.15) is 32.0 Å². The van der Waals surface area contributed by atoms with Crippen LogP contribution in [0.4, 0.5) is 11.6 Å². The lowest BCUT2D eigenvalue weighted by Gasteiger charge is -2.18. The molecule has 4 N–H and O–H groups in total. The van der Waals surface area contributed by atoms with Crippen LogP contribution in [-0.4, -0.2) is 36.9 Å². The average molecular weight is 394 g/mol. The Morgan fingerprint density at radius 1 is 1.28 bits per heavy atom. The van der Waals surface area contributed by atoms with Gasteiger partial charge < -0.3 is 16.2 Å². The van der Waals surface area contributed by atoms with E-state index in [0.717, 1.165) is 28.1 Å². The zero-order chi connectivity index (χ0) is 21.2. The molecule has 1 aromatic carbocycles. The minimum Gasteiger partial charge on any atom is -0.381 e. The molecular formula is C21H26N6O2. The molecular weight excluding hydrogens is 368 g/mol. The van der Waals surface area contributed by atoms with Crippen LogP contribution in [-0.2, 0) is 16.8 Å². The molecule has 0 spiro atoms. The first-order chi connectivity index (χ1) is 13.6. The number of nitrogens with zero attached hydrogens (tertiary/aromatic N) is 4. The molecule has 0 radical (unpaired) electrons. The van der Waals surface area contributed by atoms with E-state index in [2.05, 4.69) is 41.2 Å². The van der Waals surface area contributed by atoms with Crippen LogP contribution >= 0.6 is 0 Å². The zero-order valence-corrected chi connectivity index (χ0v) is 17.0. The van der Waals surface area contributed by atoms with Crippen molar-refractivity contribution in [1.29, 1.82) is 0 Å². The number of primary amides is 1. The summed E-state index contributed by atoms with van der Waals surface area (Å²) in [4.78, 5) is 20.0. The number of rotatable bonds is 6. The maximum atomic E-state index is 11.0. The number of aromatic nitrogens is 4. The highest BCUT2D eigenvalue weighted by atomic mass is 16.3. The Morgan fingerprint density at radius 3 is 2.72 bits per heavy atom. The molecule has 0 bridgehead atoms. The topological polar surface area (TPSA) is 119 Å². The SMILES string of the molecule is Cc1cc(Nc2nccc(C(C)(C)C)n2)cc(-c2cnn(CC(O)C(N)=O)c2)c1. The standard InChI is InChI=1S/C21H26N6O2/c1-13-7-14(15-10-24-27(11-15)12-17(28)19(22)29)9-16(8-13)25-20-23-6-5-18(26-20)21(2,3)4/h5-11,17,28H,12H2,1-4H3,(H2,22,29)(H,23,25,26). The number of hydrogen-bond acceptors (Lipinski definition) is 6. The van der Waals surface area contributed by atoms with E-state index in [1.807, 2.05) is 31.2 Å². The van der Waals surface area contributed by atoms with Gasteiger partial charge in [0.2, 0.25) is 11.9 Å². The highest BCUT2D eigenvalue weighted by molar-refractivity contribution is 5.78. The molecule has 1 atom stereocenters. The number of carbonyl (C=O) groups excluding carboxylic acids is 1. The Balaban J connectivity index is 1.84. The van der Waals surface area contributed by atoms with Crippen molar-refractivity contribution < 1.29 is 9.90 Å². The van der Waals surface area contributed by atoms with Gasteiger partial charge in [0.05, 0.1) is 18.4 Å². The van der Waals surface area contributed by atoms with Gasteiger partial charge >= 0.3 is 0 Å².